The van der Waals surface area contributed by atoms with Crippen molar-refractivity contribution in [2.75, 3.05) is 59.1 Å². The van der Waals surface area contributed by atoms with Crippen molar-refractivity contribution in [2.24, 2.45) is 0 Å². The molecule has 2 aliphatic rings. The summed E-state index contributed by atoms with van der Waals surface area (Å²) in [6.45, 7) is 15.7. The number of nitrogens with one attached hydrogen (secondary N) is 1. The van der Waals surface area contributed by atoms with Crippen molar-refractivity contribution in [1.82, 2.24) is 15.1 Å². The summed E-state index contributed by atoms with van der Waals surface area (Å²) >= 11 is 0. The van der Waals surface area contributed by atoms with E-state index in [9.17, 15) is 0 Å². The van der Waals surface area contributed by atoms with Crippen molar-refractivity contribution in [3.63, 3.8) is 0 Å². The lowest BCUT2D eigenvalue weighted by atomic mass is 10.2. The Balaban J connectivity index is 1.63. The van der Waals surface area contributed by atoms with Gasteiger partial charge in [0.15, 0.2) is 0 Å². The lowest BCUT2D eigenvalue weighted by molar-refractivity contribution is -0.0386. The van der Waals surface area contributed by atoms with Crippen LogP contribution in [-0.2, 0) is 9.47 Å². The molecule has 1 N–H and O–H groups in total. The minimum Gasteiger partial charge on any atom is -0.379 e. The van der Waals surface area contributed by atoms with E-state index in [1.165, 1.54) is 0 Å². The highest BCUT2D eigenvalue weighted by Gasteiger charge is 2.22. The maximum absolute atomic E-state index is 5.86. The average molecular weight is 285 g/mol. The molecule has 0 spiro atoms. The lowest BCUT2D eigenvalue weighted by Crippen LogP contribution is -2.51. The van der Waals surface area contributed by atoms with Crippen LogP contribution in [0.15, 0.2) is 0 Å². The summed E-state index contributed by atoms with van der Waals surface area (Å²) in [5.41, 5.74) is 0. The van der Waals surface area contributed by atoms with Gasteiger partial charge in [-0.2, -0.15) is 0 Å². The molecule has 2 heterocycles. The number of ether oxygens (including phenoxy) is 2. The zero-order valence-corrected chi connectivity index (χ0v) is 13.3. The van der Waals surface area contributed by atoms with Crippen LogP contribution in [0.2, 0.25) is 0 Å². The van der Waals surface area contributed by atoms with Crippen molar-refractivity contribution >= 4 is 0 Å². The first kappa shape index (κ1) is 16.2. The molecule has 0 aromatic heterocycles. The van der Waals surface area contributed by atoms with Gasteiger partial charge in [0.05, 0.1) is 25.9 Å². The second-order valence-electron chi connectivity index (χ2n) is 6.30. The van der Waals surface area contributed by atoms with Crippen molar-refractivity contribution in [3.05, 3.63) is 0 Å². The molecule has 0 amide bonds. The Labute approximate surface area is 123 Å². The van der Waals surface area contributed by atoms with Crippen molar-refractivity contribution < 1.29 is 9.47 Å². The summed E-state index contributed by atoms with van der Waals surface area (Å²) in [6.07, 6.45) is 0.332. The molecular weight excluding hydrogens is 254 g/mol. The predicted octanol–water partition coefficient (Wildman–Crippen LogP) is 0.406. The van der Waals surface area contributed by atoms with E-state index in [1.54, 1.807) is 0 Å². The second kappa shape index (κ2) is 8.29. The Morgan fingerprint density at radius 1 is 1.10 bits per heavy atom. The molecule has 0 aromatic carbocycles. The SMILES string of the molecule is CC(CN1CCOCC1)NCC1CN(C(C)C)CCO1. The second-order valence-corrected chi connectivity index (χ2v) is 6.30. The van der Waals surface area contributed by atoms with E-state index >= 15 is 0 Å². The molecule has 0 radical (unpaired) electrons. The first-order valence-electron chi connectivity index (χ1n) is 8.04. The number of morpholine rings is 2. The van der Waals surface area contributed by atoms with E-state index < -0.39 is 0 Å². The normalized spacial score (nSPS) is 27.9. The molecule has 0 saturated carbocycles. The number of hydrogen-bond acceptors (Lipinski definition) is 5. The van der Waals surface area contributed by atoms with Gasteiger partial charge >= 0.3 is 0 Å². The highest BCUT2D eigenvalue weighted by Crippen LogP contribution is 2.08. The summed E-state index contributed by atoms with van der Waals surface area (Å²) in [6, 6.07) is 1.12. The third-order valence-electron chi connectivity index (χ3n) is 4.23. The molecule has 2 saturated heterocycles. The highest BCUT2D eigenvalue weighted by atomic mass is 16.5. The topological polar surface area (TPSA) is 37.0 Å². The zero-order chi connectivity index (χ0) is 14.4. The Morgan fingerprint density at radius 3 is 2.55 bits per heavy atom. The number of rotatable bonds is 6. The fourth-order valence-corrected chi connectivity index (χ4v) is 2.90. The number of hydrogen-bond donors (Lipinski definition) is 1. The van der Waals surface area contributed by atoms with Gasteiger partial charge in [-0.25, -0.2) is 0 Å². The van der Waals surface area contributed by atoms with Crippen LogP contribution in [0.1, 0.15) is 20.8 Å². The van der Waals surface area contributed by atoms with Gasteiger partial charge in [0.2, 0.25) is 0 Å². The van der Waals surface area contributed by atoms with Gasteiger partial charge in [-0.15, -0.1) is 0 Å². The Morgan fingerprint density at radius 2 is 1.85 bits per heavy atom. The van der Waals surface area contributed by atoms with Crippen LogP contribution in [0.5, 0.6) is 0 Å². The summed E-state index contributed by atoms with van der Waals surface area (Å²) in [5, 5.41) is 3.62. The fourth-order valence-electron chi connectivity index (χ4n) is 2.90. The standard InChI is InChI=1S/C15H31N3O2/c1-13(2)18-6-9-20-15(12-18)10-16-14(3)11-17-4-7-19-8-5-17/h13-16H,4-12H2,1-3H3. The van der Waals surface area contributed by atoms with E-state index in [4.69, 9.17) is 9.47 Å². The third kappa shape index (κ3) is 5.30. The quantitative estimate of drug-likeness (QED) is 0.765. The van der Waals surface area contributed by atoms with Crippen LogP contribution in [-0.4, -0.2) is 87.1 Å². The van der Waals surface area contributed by atoms with Crippen LogP contribution in [0.3, 0.4) is 0 Å². The third-order valence-corrected chi connectivity index (χ3v) is 4.23. The molecule has 2 rings (SSSR count). The van der Waals surface area contributed by atoms with Crippen LogP contribution < -0.4 is 5.32 Å². The molecule has 5 nitrogen and oxygen atoms in total. The molecule has 2 atom stereocenters. The lowest BCUT2D eigenvalue weighted by Gasteiger charge is -2.36. The van der Waals surface area contributed by atoms with E-state index in [1.807, 2.05) is 0 Å². The minimum atomic E-state index is 0.332. The molecule has 5 heteroatoms. The molecule has 2 unspecified atom stereocenters. The largest absolute Gasteiger partial charge is 0.379 e. The summed E-state index contributed by atoms with van der Waals surface area (Å²) in [4.78, 5) is 4.98. The molecule has 2 fully saturated rings. The first-order valence-corrected chi connectivity index (χ1v) is 8.04. The number of nitrogens with zero attached hydrogens (tertiary/aromatic N) is 2. The zero-order valence-electron chi connectivity index (χ0n) is 13.3. The Kier molecular flexibility index (Phi) is 6.71. The maximum Gasteiger partial charge on any atom is 0.0826 e. The Hall–Kier alpha value is -0.200. The van der Waals surface area contributed by atoms with Crippen LogP contribution in [0, 0.1) is 0 Å². The summed E-state index contributed by atoms with van der Waals surface area (Å²) < 4.78 is 11.2. The first-order chi connectivity index (χ1) is 9.65. The molecule has 2 aliphatic heterocycles. The molecule has 0 aromatic rings. The van der Waals surface area contributed by atoms with Gasteiger partial charge in [-0.3, -0.25) is 9.80 Å². The minimum absolute atomic E-state index is 0.332. The van der Waals surface area contributed by atoms with Crippen molar-refractivity contribution in [3.8, 4) is 0 Å². The van der Waals surface area contributed by atoms with E-state index in [-0.39, 0.29) is 0 Å². The monoisotopic (exact) mass is 285 g/mol. The van der Waals surface area contributed by atoms with Gasteiger partial charge in [0.25, 0.3) is 0 Å². The van der Waals surface area contributed by atoms with Gasteiger partial charge in [0.1, 0.15) is 0 Å². The average Bonchev–Trinajstić information content (AvgIpc) is 2.46. The summed E-state index contributed by atoms with van der Waals surface area (Å²) in [5.74, 6) is 0. The molecule has 118 valence electrons. The molecule has 0 aliphatic carbocycles. The van der Waals surface area contributed by atoms with Crippen LogP contribution in [0.4, 0.5) is 0 Å². The smallest absolute Gasteiger partial charge is 0.0826 e. The highest BCUT2D eigenvalue weighted by molar-refractivity contribution is 4.78. The predicted molar refractivity (Wildman–Crippen MR) is 81.2 cm³/mol. The van der Waals surface area contributed by atoms with E-state index in [0.717, 1.165) is 59.1 Å². The van der Waals surface area contributed by atoms with Gasteiger partial charge in [0, 0.05) is 51.4 Å². The van der Waals surface area contributed by atoms with Gasteiger partial charge in [-0.1, -0.05) is 0 Å². The van der Waals surface area contributed by atoms with Crippen molar-refractivity contribution in [2.45, 2.75) is 39.0 Å². The van der Waals surface area contributed by atoms with Crippen LogP contribution in [0.25, 0.3) is 0 Å². The Bertz CT molecular complexity index is 270. The van der Waals surface area contributed by atoms with Gasteiger partial charge in [-0.05, 0) is 20.8 Å². The van der Waals surface area contributed by atoms with Crippen molar-refractivity contribution in [1.29, 1.82) is 0 Å². The van der Waals surface area contributed by atoms with Gasteiger partial charge < -0.3 is 14.8 Å². The molecule has 20 heavy (non-hydrogen) atoms. The van der Waals surface area contributed by atoms with E-state index in [2.05, 4.69) is 35.9 Å². The molecule has 0 bridgehead atoms. The summed E-state index contributed by atoms with van der Waals surface area (Å²) in [7, 11) is 0. The molecular formula is C15H31N3O2. The maximum atomic E-state index is 5.86. The van der Waals surface area contributed by atoms with E-state index in [0.29, 0.717) is 18.2 Å². The fraction of sp³-hybridized carbons (Fsp3) is 1.00. The van der Waals surface area contributed by atoms with Crippen LogP contribution >= 0.6 is 0 Å².